The van der Waals surface area contributed by atoms with Crippen LogP contribution in [0.3, 0.4) is 0 Å². The molecule has 10 heteroatoms. The lowest BCUT2D eigenvalue weighted by atomic mass is 10.0. The highest BCUT2D eigenvalue weighted by atomic mass is 79.9. The number of amides is 2. The van der Waals surface area contributed by atoms with Crippen LogP contribution < -0.4 is 21.2 Å². The number of halogens is 1. The molecule has 0 aliphatic heterocycles. The molecule has 9 nitrogen and oxygen atoms in total. The number of aromatic amines is 1. The summed E-state index contributed by atoms with van der Waals surface area (Å²) in [5.74, 6) is -0.786. The molecule has 0 aliphatic carbocycles. The van der Waals surface area contributed by atoms with Crippen molar-refractivity contribution in [2.24, 2.45) is 0 Å². The Balaban J connectivity index is 1.31. The summed E-state index contributed by atoms with van der Waals surface area (Å²) in [5.41, 5.74) is 6.71. The number of pyridine rings is 1. The normalized spacial score (nSPS) is 11.1. The number of carbonyl (C=O) groups excluding carboxylic acids is 2. The molecule has 3 N–H and O–H groups in total. The van der Waals surface area contributed by atoms with Crippen LogP contribution in [0.25, 0.3) is 44.0 Å². The number of nitrogens with zero attached hydrogens (tertiary/aromatic N) is 1. The Kier molecular flexibility index (Phi) is 6.08. The third-order valence-electron chi connectivity index (χ3n) is 6.31. The molecule has 0 spiro atoms. The highest BCUT2D eigenvalue weighted by Gasteiger charge is 2.21. The van der Waals surface area contributed by atoms with Gasteiger partial charge in [-0.2, -0.15) is 0 Å². The van der Waals surface area contributed by atoms with E-state index in [9.17, 15) is 14.4 Å². The summed E-state index contributed by atoms with van der Waals surface area (Å²) >= 11 is 3.39. The molecular formula is C29H19BrN4O5. The van der Waals surface area contributed by atoms with Crippen LogP contribution in [0.15, 0.2) is 92.5 Å². The van der Waals surface area contributed by atoms with Crippen molar-refractivity contribution in [2.75, 3.05) is 7.11 Å². The molecule has 0 atom stereocenters. The zero-order chi connectivity index (χ0) is 27.1. The molecule has 6 rings (SSSR count). The van der Waals surface area contributed by atoms with Gasteiger partial charge in [0.2, 0.25) is 5.71 Å². The summed E-state index contributed by atoms with van der Waals surface area (Å²) < 4.78 is 11.5. The maximum Gasteiger partial charge on any atom is 0.350 e. The number of methoxy groups -OCH3 is 1. The minimum Gasteiger partial charge on any atom is -0.497 e. The minimum absolute atomic E-state index is 0.104. The zero-order valence-corrected chi connectivity index (χ0v) is 22.0. The van der Waals surface area contributed by atoms with E-state index in [0.717, 1.165) is 20.8 Å². The Morgan fingerprint density at radius 1 is 0.923 bits per heavy atom. The molecule has 6 aromatic rings. The van der Waals surface area contributed by atoms with E-state index >= 15 is 0 Å². The van der Waals surface area contributed by atoms with Gasteiger partial charge in [0.1, 0.15) is 17.0 Å². The minimum atomic E-state index is -0.876. The van der Waals surface area contributed by atoms with Gasteiger partial charge in [-0.3, -0.25) is 20.4 Å². The van der Waals surface area contributed by atoms with Crippen molar-refractivity contribution >= 4 is 60.6 Å². The van der Waals surface area contributed by atoms with Gasteiger partial charge < -0.3 is 14.1 Å². The number of nitrogens with one attached hydrogen (secondary N) is 3. The highest BCUT2D eigenvalue weighted by molar-refractivity contribution is 9.10. The number of fused-ring (bicyclic) bond motifs is 3. The first-order valence-corrected chi connectivity index (χ1v) is 12.6. The van der Waals surface area contributed by atoms with Crippen LogP contribution in [-0.4, -0.2) is 28.9 Å². The number of hydrazine groups is 1. The molecule has 3 heterocycles. The average molecular weight is 583 g/mol. The van der Waals surface area contributed by atoms with E-state index < -0.39 is 17.4 Å². The first-order valence-electron chi connectivity index (χ1n) is 11.8. The average Bonchev–Trinajstić information content (AvgIpc) is 3.33. The Morgan fingerprint density at radius 2 is 1.72 bits per heavy atom. The summed E-state index contributed by atoms with van der Waals surface area (Å²) in [4.78, 5) is 46.3. The van der Waals surface area contributed by atoms with Crippen molar-refractivity contribution in [2.45, 2.75) is 0 Å². The Hall–Kier alpha value is -4.96. The van der Waals surface area contributed by atoms with Gasteiger partial charge in [0, 0.05) is 31.7 Å². The number of ether oxygens (including phenoxy) is 1. The van der Waals surface area contributed by atoms with Crippen LogP contribution in [-0.2, 0) is 0 Å². The summed E-state index contributed by atoms with van der Waals surface area (Å²) in [6, 6.07) is 23.5. The number of benzene rings is 3. The predicted octanol–water partition coefficient (Wildman–Crippen LogP) is 5.34. The van der Waals surface area contributed by atoms with E-state index in [4.69, 9.17) is 9.15 Å². The van der Waals surface area contributed by atoms with Crippen LogP contribution in [0.5, 0.6) is 5.75 Å². The van der Waals surface area contributed by atoms with Gasteiger partial charge >= 0.3 is 5.63 Å². The van der Waals surface area contributed by atoms with Crippen LogP contribution in [0.4, 0.5) is 0 Å². The van der Waals surface area contributed by atoms with Crippen molar-refractivity contribution in [1.29, 1.82) is 0 Å². The fourth-order valence-electron chi connectivity index (χ4n) is 4.46. The number of hydrogen-bond acceptors (Lipinski definition) is 6. The van der Waals surface area contributed by atoms with E-state index in [1.54, 1.807) is 25.3 Å². The van der Waals surface area contributed by atoms with Gasteiger partial charge in [-0.15, -0.1) is 0 Å². The van der Waals surface area contributed by atoms with Crippen LogP contribution in [0.2, 0.25) is 0 Å². The topological polar surface area (TPSA) is 126 Å². The molecule has 3 aromatic carbocycles. The van der Waals surface area contributed by atoms with E-state index in [2.05, 4.69) is 36.7 Å². The van der Waals surface area contributed by atoms with Crippen molar-refractivity contribution in [1.82, 2.24) is 20.8 Å². The summed E-state index contributed by atoms with van der Waals surface area (Å²) in [6.07, 6.45) is 0. The monoisotopic (exact) mass is 582 g/mol. The zero-order valence-electron chi connectivity index (χ0n) is 20.4. The van der Waals surface area contributed by atoms with Gasteiger partial charge in [-0.1, -0.05) is 52.3 Å². The van der Waals surface area contributed by atoms with E-state index in [-0.39, 0.29) is 17.0 Å². The van der Waals surface area contributed by atoms with Crippen LogP contribution in [0, 0.1) is 0 Å². The molecule has 0 unspecified atom stereocenters. The molecule has 0 bridgehead atoms. The number of H-pyrrole nitrogens is 1. The van der Waals surface area contributed by atoms with E-state index in [1.807, 2.05) is 54.6 Å². The SMILES string of the molecule is COc1ccc2[nH]c(C(=O)NNC(=O)c3cc4cc5ccc(Br)cc5nc4oc3=O)c(-c3ccccc3)c2c1. The number of aromatic nitrogens is 2. The van der Waals surface area contributed by atoms with E-state index in [1.165, 1.54) is 6.07 Å². The highest BCUT2D eigenvalue weighted by Crippen LogP contribution is 2.34. The van der Waals surface area contributed by atoms with Crippen molar-refractivity contribution in [3.8, 4) is 16.9 Å². The third kappa shape index (κ3) is 4.51. The Morgan fingerprint density at radius 3 is 2.51 bits per heavy atom. The van der Waals surface area contributed by atoms with Gasteiger partial charge in [-0.05, 0) is 48.0 Å². The largest absolute Gasteiger partial charge is 0.497 e. The lowest BCUT2D eigenvalue weighted by Gasteiger charge is -2.09. The van der Waals surface area contributed by atoms with E-state index in [0.29, 0.717) is 27.7 Å². The second-order valence-corrected chi connectivity index (χ2v) is 9.64. The number of rotatable bonds is 4. The molecule has 0 saturated heterocycles. The van der Waals surface area contributed by atoms with Gasteiger partial charge in [0.25, 0.3) is 11.8 Å². The fourth-order valence-corrected chi connectivity index (χ4v) is 4.80. The van der Waals surface area contributed by atoms with Gasteiger partial charge in [0.15, 0.2) is 0 Å². The molecule has 0 aliphatic rings. The number of carbonyl (C=O) groups is 2. The quantitative estimate of drug-likeness (QED) is 0.190. The maximum atomic E-state index is 13.3. The summed E-state index contributed by atoms with van der Waals surface area (Å²) in [5, 5.41) is 2.05. The molecule has 192 valence electrons. The van der Waals surface area contributed by atoms with Crippen LogP contribution >= 0.6 is 15.9 Å². The maximum absolute atomic E-state index is 13.3. The molecule has 0 radical (unpaired) electrons. The summed E-state index contributed by atoms with van der Waals surface area (Å²) in [7, 11) is 1.57. The first kappa shape index (κ1) is 24.4. The Labute approximate surface area is 228 Å². The second-order valence-electron chi connectivity index (χ2n) is 8.73. The lowest BCUT2D eigenvalue weighted by molar-refractivity contribution is 0.0842. The molecule has 0 fully saturated rings. The predicted molar refractivity (Wildman–Crippen MR) is 151 cm³/mol. The Bertz CT molecular complexity index is 1980. The fraction of sp³-hybridized carbons (Fsp3) is 0.0345. The molecule has 39 heavy (non-hydrogen) atoms. The molecule has 3 aromatic heterocycles. The van der Waals surface area contributed by atoms with Crippen molar-refractivity contribution in [3.63, 3.8) is 0 Å². The second kappa shape index (κ2) is 9.73. The standard InChI is InChI=1S/C29H19BrN4O5/c1-38-19-9-10-22-20(14-19)24(15-5-3-2-4-6-15)25(31-22)27(36)34-33-26(35)21-12-17-11-16-7-8-18(30)13-23(16)32-28(17)39-29(21)37/h2-14,31H,1H3,(H,33,35)(H,34,36). The lowest BCUT2D eigenvalue weighted by Crippen LogP contribution is -2.43. The molecule has 2 amide bonds. The van der Waals surface area contributed by atoms with Gasteiger partial charge in [-0.25, -0.2) is 9.78 Å². The molecule has 0 saturated carbocycles. The molecular weight excluding hydrogens is 564 g/mol. The number of hydrogen-bond donors (Lipinski definition) is 3. The van der Waals surface area contributed by atoms with Crippen molar-refractivity contribution < 1.29 is 18.7 Å². The third-order valence-corrected chi connectivity index (χ3v) is 6.80. The summed E-state index contributed by atoms with van der Waals surface area (Å²) in [6.45, 7) is 0. The smallest absolute Gasteiger partial charge is 0.350 e. The van der Waals surface area contributed by atoms with Crippen molar-refractivity contribution in [3.05, 3.63) is 105 Å². The van der Waals surface area contributed by atoms with Gasteiger partial charge in [0.05, 0.1) is 12.6 Å². The van der Waals surface area contributed by atoms with Crippen LogP contribution in [0.1, 0.15) is 20.8 Å². The first-order chi connectivity index (χ1) is 18.9.